The minimum absolute atomic E-state index is 0.0854. The number of hydrogen-bond acceptors (Lipinski definition) is 6. The van der Waals surface area contributed by atoms with E-state index in [1.54, 1.807) is 29.2 Å². The molecule has 12 heteroatoms. The van der Waals surface area contributed by atoms with E-state index in [9.17, 15) is 18.8 Å². The first-order valence-electron chi connectivity index (χ1n) is 14.3. The number of carbonyl (C=O) groups excluding carboxylic acids is 2. The average molecular weight is 624 g/mol. The molecule has 3 aliphatic rings. The van der Waals surface area contributed by atoms with Crippen molar-refractivity contribution in [3.8, 4) is 6.07 Å². The van der Waals surface area contributed by atoms with Gasteiger partial charge in [0.2, 0.25) is 0 Å². The molecule has 6 rings (SSSR count). The Morgan fingerprint density at radius 2 is 1.93 bits per heavy atom. The molecule has 8 nitrogen and oxygen atoms in total. The largest absolute Gasteiger partial charge is 0.362 e. The van der Waals surface area contributed by atoms with E-state index >= 15 is 9.18 Å². The number of amides is 2. The van der Waals surface area contributed by atoms with E-state index in [-0.39, 0.29) is 17.1 Å². The van der Waals surface area contributed by atoms with Crippen molar-refractivity contribution in [3.63, 3.8) is 0 Å². The number of fused-ring (bicyclic) bond motifs is 1. The summed E-state index contributed by atoms with van der Waals surface area (Å²) in [6, 6.07) is 14.5. The molecule has 3 atom stereocenters. The molecule has 1 unspecified atom stereocenters. The second kappa shape index (κ2) is 11.4. The molecule has 1 N–H and O–H groups in total. The van der Waals surface area contributed by atoms with Crippen LogP contribution in [0.4, 0.5) is 24.7 Å². The van der Waals surface area contributed by atoms with Crippen LogP contribution in [0.3, 0.4) is 0 Å². The monoisotopic (exact) mass is 623 g/mol. The van der Waals surface area contributed by atoms with Gasteiger partial charge in [0.05, 0.1) is 16.7 Å². The summed E-state index contributed by atoms with van der Waals surface area (Å²) >= 11 is 6.03. The van der Waals surface area contributed by atoms with Gasteiger partial charge in [0.1, 0.15) is 23.9 Å². The quantitative estimate of drug-likeness (QED) is 0.375. The summed E-state index contributed by atoms with van der Waals surface area (Å²) in [7, 11) is 1.50. The third kappa shape index (κ3) is 5.06. The van der Waals surface area contributed by atoms with Gasteiger partial charge in [-0.25, -0.2) is 18.2 Å². The number of anilines is 2. The van der Waals surface area contributed by atoms with Gasteiger partial charge in [0, 0.05) is 37.9 Å². The number of methoxy groups -OCH3 is 1. The predicted octanol–water partition coefficient (Wildman–Crippen LogP) is 5.48. The Morgan fingerprint density at radius 3 is 2.64 bits per heavy atom. The molecule has 3 aromatic rings. The lowest BCUT2D eigenvalue weighted by Crippen LogP contribution is -2.64. The summed E-state index contributed by atoms with van der Waals surface area (Å²) in [6.45, 7) is 0. The van der Waals surface area contributed by atoms with E-state index in [2.05, 4.69) is 16.4 Å². The summed E-state index contributed by atoms with van der Waals surface area (Å²) in [5.41, 5.74) is 0.0806. The highest BCUT2D eigenvalue weighted by molar-refractivity contribution is 6.30. The summed E-state index contributed by atoms with van der Waals surface area (Å²) in [6.07, 6.45) is 1.16. The number of hydrogen-bond donors (Lipinski definition) is 1. The van der Waals surface area contributed by atoms with Crippen LogP contribution < -0.4 is 15.1 Å². The van der Waals surface area contributed by atoms with Crippen molar-refractivity contribution in [3.05, 3.63) is 88.3 Å². The van der Waals surface area contributed by atoms with Crippen LogP contribution in [0.25, 0.3) is 0 Å². The van der Waals surface area contributed by atoms with Crippen molar-refractivity contribution in [1.82, 2.24) is 10.3 Å². The van der Waals surface area contributed by atoms with Crippen LogP contribution in [0.15, 0.2) is 60.8 Å². The molecule has 1 aliphatic heterocycles. The minimum Gasteiger partial charge on any atom is -0.362 e. The van der Waals surface area contributed by atoms with Gasteiger partial charge in [0.15, 0.2) is 5.54 Å². The number of nitriles is 1. The standard InChI is InChI=1S/C32H29ClF3N5O3/c1-44-28-9-8-26(40(28)27-14-19(18-37)11-13-38-27)29(42)41(22-6-7-24(33)25(34)15-22)32(12-10-20-4-2-3-5-23(20)32)30(43)39-21-16-31(35,36)17-21/h2-7,11,13-15,21,26,28H,8-10,12,16-17H2,1H3,(H,39,43)/t26-,28?,32+/m0/s1. The number of ether oxygens (including phenoxy) is 1. The first-order valence-corrected chi connectivity index (χ1v) is 14.7. The molecule has 1 saturated carbocycles. The molecule has 2 amide bonds. The fraction of sp³-hybridized carbons (Fsp3) is 0.375. The molecule has 0 spiro atoms. The number of carbonyl (C=O) groups is 2. The van der Waals surface area contributed by atoms with Crippen molar-refractivity contribution < 1.29 is 27.5 Å². The lowest BCUT2D eigenvalue weighted by atomic mass is 9.83. The van der Waals surface area contributed by atoms with E-state index in [0.717, 1.165) is 11.6 Å². The van der Waals surface area contributed by atoms with E-state index in [1.807, 2.05) is 12.1 Å². The predicted molar refractivity (Wildman–Crippen MR) is 157 cm³/mol. The Hall–Kier alpha value is -4.14. The van der Waals surface area contributed by atoms with Crippen LogP contribution in [-0.4, -0.2) is 48.1 Å². The van der Waals surface area contributed by atoms with Gasteiger partial charge in [-0.1, -0.05) is 35.9 Å². The smallest absolute Gasteiger partial charge is 0.252 e. The number of nitrogens with zero attached hydrogens (tertiary/aromatic N) is 4. The fourth-order valence-corrected chi connectivity index (χ4v) is 6.85. The van der Waals surface area contributed by atoms with Gasteiger partial charge in [-0.05, 0) is 67.1 Å². The van der Waals surface area contributed by atoms with Crippen molar-refractivity contribution in [2.24, 2.45) is 0 Å². The van der Waals surface area contributed by atoms with Crippen molar-refractivity contribution in [2.45, 2.75) is 68.3 Å². The maximum Gasteiger partial charge on any atom is 0.252 e. The second-order valence-corrected chi connectivity index (χ2v) is 11.8. The third-order valence-electron chi connectivity index (χ3n) is 8.81. The van der Waals surface area contributed by atoms with Crippen LogP contribution >= 0.6 is 11.6 Å². The molecule has 0 bridgehead atoms. The van der Waals surface area contributed by atoms with Crippen molar-refractivity contribution >= 4 is 34.9 Å². The number of nitrogens with one attached hydrogen (secondary N) is 1. The number of aryl methyl sites for hydroxylation is 1. The number of halogens is 4. The Morgan fingerprint density at radius 1 is 1.16 bits per heavy atom. The highest BCUT2D eigenvalue weighted by atomic mass is 35.5. The minimum atomic E-state index is -2.88. The molecule has 2 aromatic carbocycles. The van der Waals surface area contributed by atoms with Crippen LogP contribution in [0.2, 0.25) is 5.02 Å². The van der Waals surface area contributed by atoms with E-state index in [4.69, 9.17) is 16.3 Å². The first kappa shape index (κ1) is 29.9. The van der Waals surface area contributed by atoms with E-state index in [1.165, 1.54) is 30.3 Å². The number of benzene rings is 2. The summed E-state index contributed by atoms with van der Waals surface area (Å²) in [5.74, 6) is -4.50. The molecule has 2 fully saturated rings. The normalized spacial score (nSPS) is 23.9. The Bertz CT molecular complexity index is 1660. The van der Waals surface area contributed by atoms with Gasteiger partial charge in [-0.2, -0.15) is 5.26 Å². The lowest BCUT2D eigenvalue weighted by Gasteiger charge is -2.45. The topological polar surface area (TPSA) is 98.6 Å². The van der Waals surface area contributed by atoms with Crippen LogP contribution in [0.5, 0.6) is 0 Å². The van der Waals surface area contributed by atoms with Crippen molar-refractivity contribution in [2.75, 3.05) is 16.9 Å². The summed E-state index contributed by atoms with van der Waals surface area (Å²) < 4.78 is 48.4. The van der Waals surface area contributed by atoms with Crippen LogP contribution in [-0.2, 0) is 26.3 Å². The number of aromatic nitrogens is 1. The summed E-state index contributed by atoms with van der Waals surface area (Å²) in [4.78, 5) is 36.8. The Balaban J connectivity index is 1.50. The lowest BCUT2D eigenvalue weighted by molar-refractivity contribution is -0.137. The number of pyridine rings is 1. The van der Waals surface area contributed by atoms with Gasteiger partial charge >= 0.3 is 0 Å². The fourth-order valence-electron chi connectivity index (χ4n) is 6.73. The SMILES string of the molecule is COC1CC[C@@H](C(=O)N(c2ccc(Cl)c(F)c2)[C@]2(C(=O)NC3CC(F)(F)C3)CCc3ccccc32)N1c1cc(C#N)ccn1. The maximum atomic E-state index is 15.1. The molecule has 2 heterocycles. The Labute approximate surface area is 257 Å². The van der Waals surface area contributed by atoms with Crippen LogP contribution in [0, 0.1) is 17.1 Å². The van der Waals surface area contributed by atoms with E-state index < -0.39 is 60.2 Å². The zero-order valence-electron chi connectivity index (χ0n) is 23.8. The zero-order valence-corrected chi connectivity index (χ0v) is 24.5. The van der Waals surface area contributed by atoms with E-state index in [0.29, 0.717) is 36.2 Å². The maximum absolute atomic E-state index is 15.1. The second-order valence-electron chi connectivity index (χ2n) is 11.4. The highest BCUT2D eigenvalue weighted by Gasteiger charge is 2.57. The number of alkyl halides is 2. The zero-order chi connectivity index (χ0) is 31.2. The molecular formula is C32H29ClF3N5O3. The number of rotatable bonds is 7. The average Bonchev–Trinajstić information content (AvgIpc) is 3.61. The highest BCUT2D eigenvalue weighted by Crippen LogP contribution is 2.47. The van der Waals surface area contributed by atoms with Crippen LogP contribution in [0.1, 0.15) is 48.8 Å². The molecule has 0 radical (unpaired) electrons. The molecule has 44 heavy (non-hydrogen) atoms. The van der Waals surface area contributed by atoms with Gasteiger partial charge in [-0.3, -0.25) is 14.5 Å². The molecular weight excluding hydrogens is 595 g/mol. The summed E-state index contributed by atoms with van der Waals surface area (Å²) in [5, 5.41) is 12.1. The molecule has 1 saturated heterocycles. The van der Waals surface area contributed by atoms with Crippen molar-refractivity contribution in [1.29, 1.82) is 5.26 Å². The van der Waals surface area contributed by atoms with Gasteiger partial charge < -0.3 is 15.0 Å². The van der Waals surface area contributed by atoms with Gasteiger partial charge in [0.25, 0.3) is 17.7 Å². The van der Waals surface area contributed by atoms with Gasteiger partial charge in [-0.15, -0.1) is 0 Å². The third-order valence-corrected chi connectivity index (χ3v) is 9.12. The molecule has 1 aromatic heterocycles. The first-order chi connectivity index (χ1) is 21.1. The molecule has 2 aliphatic carbocycles. The molecule has 228 valence electrons. The Kier molecular flexibility index (Phi) is 7.76.